The zero-order valence-corrected chi connectivity index (χ0v) is 17.4. The molecule has 31 heavy (non-hydrogen) atoms. The van der Waals surface area contributed by atoms with Crippen LogP contribution in [0.25, 0.3) is 11.3 Å². The Balaban J connectivity index is 1.57. The highest BCUT2D eigenvalue weighted by atomic mass is 16.2. The quantitative estimate of drug-likeness (QED) is 0.497. The largest absolute Gasteiger partial charge is 0.315 e. The van der Waals surface area contributed by atoms with Gasteiger partial charge in [-0.2, -0.15) is 5.10 Å². The molecule has 1 N–H and O–H groups in total. The third-order valence-electron chi connectivity index (χ3n) is 5.12. The van der Waals surface area contributed by atoms with E-state index in [4.69, 9.17) is 5.10 Å². The van der Waals surface area contributed by atoms with E-state index in [0.29, 0.717) is 18.9 Å². The molecule has 6 nitrogen and oxygen atoms in total. The summed E-state index contributed by atoms with van der Waals surface area (Å²) >= 11 is 0. The molecule has 2 aromatic heterocycles. The average Bonchev–Trinajstić information content (AvgIpc) is 3.16. The van der Waals surface area contributed by atoms with Crippen molar-refractivity contribution < 1.29 is 4.79 Å². The first kappa shape index (κ1) is 20.3. The van der Waals surface area contributed by atoms with E-state index in [1.165, 1.54) is 10.6 Å². The molecule has 0 saturated heterocycles. The standard InChI is InChI=1S/C25H24N4O2/c1-19-9-5-6-12-21(19)22-17-23(29(27-22)18-20-10-3-2-4-11-20)26-24(30)14-16-28-15-8-7-13-25(28)31/h2-13,15,17H,14,16,18H2,1H3,(H,26,30). The van der Waals surface area contributed by atoms with Crippen LogP contribution in [0.4, 0.5) is 5.82 Å². The predicted molar refractivity (Wildman–Crippen MR) is 122 cm³/mol. The highest BCUT2D eigenvalue weighted by Crippen LogP contribution is 2.25. The predicted octanol–water partition coefficient (Wildman–Crippen LogP) is 4.10. The van der Waals surface area contributed by atoms with E-state index in [0.717, 1.165) is 22.4 Å². The van der Waals surface area contributed by atoms with Crippen LogP contribution in [0.3, 0.4) is 0 Å². The normalized spacial score (nSPS) is 10.7. The number of aromatic nitrogens is 3. The topological polar surface area (TPSA) is 68.9 Å². The van der Waals surface area contributed by atoms with E-state index in [1.54, 1.807) is 18.3 Å². The number of amides is 1. The van der Waals surface area contributed by atoms with Gasteiger partial charge in [-0.15, -0.1) is 0 Å². The monoisotopic (exact) mass is 412 g/mol. The Morgan fingerprint density at radius 2 is 1.71 bits per heavy atom. The Hall–Kier alpha value is -3.93. The van der Waals surface area contributed by atoms with Gasteiger partial charge in [0.05, 0.1) is 12.2 Å². The lowest BCUT2D eigenvalue weighted by Crippen LogP contribution is -2.22. The van der Waals surface area contributed by atoms with E-state index >= 15 is 0 Å². The molecule has 0 aliphatic heterocycles. The second kappa shape index (κ2) is 9.26. The summed E-state index contributed by atoms with van der Waals surface area (Å²) < 4.78 is 3.34. The van der Waals surface area contributed by atoms with Crippen molar-refractivity contribution in [2.45, 2.75) is 26.4 Å². The van der Waals surface area contributed by atoms with Crippen molar-refractivity contribution in [2.24, 2.45) is 0 Å². The summed E-state index contributed by atoms with van der Waals surface area (Å²) in [6.45, 7) is 2.91. The maximum absolute atomic E-state index is 12.6. The summed E-state index contributed by atoms with van der Waals surface area (Å²) in [4.78, 5) is 24.5. The summed E-state index contributed by atoms with van der Waals surface area (Å²) in [6.07, 6.45) is 1.88. The number of hydrogen-bond acceptors (Lipinski definition) is 3. The van der Waals surface area contributed by atoms with Gasteiger partial charge < -0.3 is 9.88 Å². The van der Waals surface area contributed by atoms with Crippen LogP contribution in [0.2, 0.25) is 0 Å². The van der Waals surface area contributed by atoms with Crippen LogP contribution in [-0.4, -0.2) is 20.3 Å². The van der Waals surface area contributed by atoms with Gasteiger partial charge in [-0.1, -0.05) is 60.7 Å². The van der Waals surface area contributed by atoms with Crippen LogP contribution in [0.15, 0.2) is 89.9 Å². The molecule has 0 unspecified atom stereocenters. The highest BCUT2D eigenvalue weighted by molar-refractivity contribution is 5.90. The van der Waals surface area contributed by atoms with Gasteiger partial charge in [0.1, 0.15) is 5.82 Å². The van der Waals surface area contributed by atoms with Crippen molar-refractivity contribution in [2.75, 3.05) is 5.32 Å². The fourth-order valence-corrected chi connectivity index (χ4v) is 3.46. The van der Waals surface area contributed by atoms with Crippen LogP contribution < -0.4 is 10.9 Å². The number of anilines is 1. The van der Waals surface area contributed by atoms with Gasteiger partial charge in [-0.05, 0) is 24.1 Å². The number of carbonyl (C=O) groups excluding carboxylic acids is 1. The zero-order chi connectivity index (χ0) is 21.6. The molecule has 4 rings (SSSR count). The summed E-state index contributed by atoms with van der Waals surface area (Å²) in [7, 11) is 0. The minimum Gasteiger partial charge on any atom is -0.315 e. The molecule has 4 aromatic rings. The van der Waals surface area contributed by atoms with Crippen LogP contribution >= 0.6 is 0 Å². The average molecular weight is 412 g/mol. The van der Waals surface area contributed by atoms with Crippen molar-refractivity contribution in [3.05, 3.63) is 107 Å². The lowest BCUT2D eigenvalue weighted by Gasteiger charge is -2.10. The molecule has 0 fully saturated rings. The number of pyridine rings is 1. The molecule has 156 valence electrons. The Bertz CT molecular complexity index is 1240. The van der Waals surface area contributed by atoms with Crippen molar-refractivity contribution >= 4 is 11.7 Å². The summed E-state index contributed by atoms with van der Waals surface area (Å²) in [6, 6.07) is 24.9. The van der Waals surface area contributed by atoms with Gasteiger partial charge >= 0.3 is 0 Å². The summed E-state index contributed by atoms with van der Waals surface area (Å²) in [5, 5.41) is 7.75. The highest BCUT2D eigenvalue weighted by Gasteiger charge is 2.14. The molecule has 0 saturated carbocycles. The van der Waals surface area contributed by atoms with Crippen molar-refractivity contribution in [1.29, 1.82) is 0 Å². The number of nitrogens with zero attached hydrogens (tertiary/aromatic N) is 3. The van der Waals surface area contributed by atoms with E-state index in [2.05, 4.69) is 5.32 Å². The van der Waals surface area contributed by atoms with E-state index in [9.17, 15) is 9.59 Å². The second-order valence-corrected chi connectivity index (χ2v) is 7.40. The molecule has 1 amide bonds. The van der Waals surface area contributed by atoms with Gasteiger partial charge in [-0.3, -0.25) is 9.59 Å². The van der Waals surface area contributed by atoms with Gasteiger partial charge in [-0.25, -0.2) is 4.68 Å². The first-order chi connectivity index (χ1) is 15.1. The molecular formula is C25H24N4O2. The molecule has 0 bridgehead atoms. The van der Waals surface area contributed by atoms with Crippen molar-refractivity contribution in [1.82, 2.24) is 14.3 Å². The summed E-state index contributed by atoms with van der Waals surface area (Å²) in [5.74, 6) is 0.466. The lowest BCUT2D eigenvalue weighted by atomic mass is 10.1. The van der Waals surface area contributed by atoms with Crippen molar-refractivity contribution in [3.8, 4) is 11.3 Å². The van der Waals surface area contributed by atoms with Crippen LogP contribution in [0, 0.1) is 6.92 Å². The molecule has 2 heterocycles. The van der Waals surface area contributed by atoms with Crippen LogP contribution in [0.1, 0.15) is 17.5 Å². The second-order valence-electron chi connectivity index (χ2n) is 7.40. The Morgan fingerprint density at radius 1 is 0.968 bits per heavy atom. The van der Waals surface area contributed by atoms with Gasteiger partial charge in [0.25, 0.3) is 5.56 Å². The third-order valence-corrected chi connectivity index (χ3v) is 5.12. The number of carbonyl (C=O) groups is 1. The fraction of sp³-hybridized carbons (Fsp3) is 0.160. The van der Waals surface area contributed by atoms with Gasteiger partial charge in [0.2, 0.25) is 5.91 Å². The minimum absolute atomic E-state index is 0.119. The maximum atomic E-state index is 12.6. The molecule has 6 heteroatoms. The smallest absolute Gasteiger partial charge is 0.250 e. The Kier molecular flexibility index (Phi) is 6.08. The lowest BCUT2D eigenvalue weighted by molar-refractivity contribution is -0.116. The molecule has 0 atom stereocenters. The van der Waals surface area contributed by atoms with Crippen LogP contribution in [-0.2, 0) is 17.9 Å². The maximum Gasteiger partial charge on any atom is 0.250 e. The number of benzene rings is 2. The Labute approximate surface area is 180 Å². The van der Waals surface area contributed by atoms with Gasteiger partial charge in [0, 0.05) is 36.9 Å². The molecule has 0 radical (unpaired) electrons. The molecule has 0 spiro atoms. The van der Waals surface area contributed by atoms with E-state index in [-0.39, 0.29) is 17.9 Å². The number of rotatable bonds is 7. The molecule has 2 aromatic carbocycles. The molecular weight excluding hydrogens is 388 g/mol. The fourth-order valence-electron chi connectivity index (χ4n) is 3.46. The van der Waals surface area contributed by atoms with Crippen molar-refractivity contribution in [3.63, 3.8) is 0 Å². The van der Waals surface area contributed by atoms with Crippen LogP contribution in [0.5, 0.6) is 0 Å². The third kappa shape index (κ3) is 4.98. The molecule has 0 aliphatic rings. The minimum atomic E-state index is -0.165. The Morgan fingerprint density at radius 3 is 2.48 bits per heavy atom. The van der Waals surface area contributed by atoms with E-state index in [1.807, 2.05) is 72.3 Å². The molecule has 0 aliphatic carbocycles. The number of aryl methyl sites for hydroxylation is 2. The first-order valence-electron chi connectivity index (χ1n) is 10.2. The first-order valence-corrected chi connectivity index (χ1v) is 10.2. The van der Waals surface area contributed by atoms with E-state index < -0.39 is 0 Å². The number of hydrogen-bond donors (Lipinski definition) is 1. The SMILES string of the molecule is Cc1ccccc1-c1cc(NC(=O)CCn2ccccc2=O)n(Cc2ccccc2)n1. The number of nitrogens with one attached hydrogen (secondary N) is 1. The summed E-state index contributed by atoms with van der Waals surface area (Å²) in [5.41, 5.74) is 3.93. The van der Waals surface area contributed by atoms with Gasteiger partial charge in [0.15, 0.2) is 0 Å². The zero-order valence-electron chi connectivity index (χ0n) is 17.4.